The lowest BCUT2D eigenvalue weighted by atomic mass is 9.85. The summed E-state index contributed by atoms with van der Waals surface area (Å²) in [5.74, 6) is -3.28. The molecule has 1 fully saturated rings. The minimum Gasteiger partial charge on any atom is -0.481 e. The van der Waals surface area contributed by atoms with E-state index in [0.717, 1.165) is 11.1 Å². The van der Waals surface area contributed by atoms with E-state index in [1.165, 1.54) is 0 Å². The molecule has 0 radical (unpaired) electrons. The number of benzene rings is 1. The van der Waals surface area contributed by atoms with Crippen molar-refractivity contribution >= 4 is 15.8 Å². The van der Waals surface area contributed by atoms with Gasteiger partial charge in [0.25, 0.3) is 0 Å². The van der Waals surface area contributed by atoms with Crippen molar-refractivity contribution in [2.24, 2.45) is 11.8 Å². The van der Waals surface area contributed by atoms with Gasteiger partial charge in [0, 0.05) is 5.92 Å². The highest BCUT2D eigenvalue weighted by Gasteiger charge is 2.43. The monoisotopic (exact) mass is 298 g/mol. The Morgan fingerprint density at radius 2 is 2.10 bits per heavy atom. The molecule has 1 aliphatic heterocycles. The fourth-order valence-electron chi connectivity index (χ4n) is 2.76. The Morgan fingerprint density at radius 1 is 1.40 bits per heavy atom. The average Bonchev–Trinajstić information content (AvgIpc) is 2.59. The Labute approximate surface area is 118 Å². The van der Waals surface area contributed by atoms with Gasteiger partial charge < -0.3 is 10.2 Å². The zero-order chi connectivity index (χ0) is 14.9. The molecule has 1 aromatic carbocycles. The Hall–Kier alpha value is -1.40. The number of aliphatic carboxylic acids is 1. The molecule has 1 aromatic rings. The van der Waals surface area contributed by atoms with Crippen LogP contribution in [0.3, 0.4) is 0 Å². The summed E-state index contributed by atoms with van der Waals surface area (Å²) in [6.07, 6.45) is -0.861. The largest absolute Gasteiger partial charge is 0.481 e. The highest BCUT2D eigenvalue weighted by molar-refractivity contribution is 7.91. The van der Waals surface area contributed by atoms with Crippen LogP contribution in [0.5, 0.6) is 0 Å². The number of hydrogen-bond acceptors (Lipinski definition) is 4. The van der Waals surface area contributed by atoms with E-state index in [9.17, 15) is 23.4 Å². The summed E-state index contributed by atoms with van der Waals surface area (Å²) in [5, 5.41) is 19.2. The van der Waals surface area contributed by atoms with Crippen molar-refractivity contribution in [3.05, 3.63) is 35.4 Å². The van der Waals surface area contributed by atoms with Gasteiger partial charge in [0.15, 0.2) is 9.84 Å². The topological polar surface area (TPSA) is 91.7 Å². The van der Waals surface area contributed by atoms with Crippen molar-refractivity contribution in [1.82, 2.24) is 0 Å². The van der Waals surface area contributed by atoms with Gasteiger partial charge in [-0.1, -0.05) is 29.8 Å². The van der Waals surface area contributed by atoms with Gasteiger partial charge in [-0.25, -0.2) is 8.42 Å². The highest BCUT2D eigenvalue weighted by atomic mass is 32.2. The molecular weight excluding hydrogens is 280 g/mol. The maximum absolute atomic E-state index is 11.5. The molecule has 5 nitrogen and oxygen atoms in total. The molecule has 0 bridgehead atoms. The molecule has 3 atom stereocenters. The summed E-state index contributed by atoms with van der Waals surface area (Å²) in [7, 11) is -3.34. The molecule has 1 saturated heterocycles. The Morgan fingerprint density at radius 3 is 2.60 bits per heavy atom. The lowest BCUT2D eigenvalue weighted by Crippen LogP contribution is -2.33. The van der Waals surface area contributed by atoms with Crippen molar-refractivity contribution in [2.45, 2.75) is 19.4 Å². The number of carboxylic acid groups (broad SMARTS) is 1. The van der Waals surface area contributed by atoms with E-state index >= 15 is 0 Å². The second-order valence-electron chi connectivity index (χ2n) is 5.45. The molecule has 1 heterocycles. The molecule has 0 spiro atoms. The summed E-state index contributed by atoms with van der Waals surface area (Å²) >= 11 is 0. The molecule has 6 heteroatoms. The summed E-state index contributed by atoms with van der Waals surface area (Å²) < 4.78 is 23.1. The number of sulfone groups is 1. The van der Waals surface area contributed by atoms with Crippen LogP contribution >= 0.6 is 0 Å². The maximum Gasteiger partial charge on any atom is 0.307 e. The lowest BCUT2D eigenvalue weighted by molar-refractivity contribution is -0.144. The van der Waals surface area contributed by atoms with Crippen LogP contribution in [0.1, 0.15) is 11.1 Å². The van der Waals surface area contributed by atoms with Gasteiger partial charge in [0.05, 0.1) is 23.5 Å². The molecular formula is C14H18O5S. The van der Waals surface area contributed by atoms with E-state index < -0.39 is 33.7 Å². The van der Waals surface area contributed by atoms with Crippen molar-refractivity contribution < 1.29 is 23.4 Å². The summed E-state index contributed by atoms with van der Waals surface area (Å²) in [6.45, 7) is 1.91. The zero-order valence-electron chi connectivity index (χ0n) is 11.2. The minimum atomic E-state index is -3.34. The Balaban J connectivity index is 2.22. The average molecular weight is 298 g/mol. The van der Waals surface area contributed by atoms with Gasteiger partial charge in [-0.2, -0.15) is 0 Å². The van der Waals surface area contributed by atoms with Crippen LogP contribution in [-0.2, 0) is 21.1 Å². The first kappa shape index (κ1) is 15.0. The number of aliphatic hydroxyl groups is 1. The third kappa shape index (κ3) is 3.37. The molecule has 0 saturated carbocycles. The standard InChI is InChI=1S/C14H18O5S/c1-9-3-2-4-10(5-9)6-11(14(16)17)12-7-20(18,19)8-13(12)15/h2-5,11-13,15H,6-8H2,1H3,(H,16,17). The lowest BCUT2D eigenvalue weighted by Gasteiger charge is -2.21. The number of carbonyl (C=O) groups is 1. The Kier molecular flexibility index (Phi) is 4.15. The molecule has 3 unspecified atom stereocenters. The predicted molar refractivity (Wildman–Crippen MR) is 74.2 cm³/mol. The summed E-state index contributed by atoms with van der Waals surface area (Å²) in [5.41, 5.74) is 1.86. The molecule has 0 aromatic heterocycles. The van der Waals surface area contributed by atoms with Crippen LogP contribution in [0.25, 0.3) is 0 Å². The fraction of sp³-hybridized carbons (Fsp3) is 0.500. The van der Waals surface area contributed by atoms with Crippen LogP contribution in [-0.4, -0.2) is 42.2 Å². The number of aliphatic hydroxyl groups excluding tert-OH is 1. The zero-order valence-corrected chi connectivity index (χ0v) is 12.0. The second kappa shape index (κ2) is 5.54. The van der Waals surface area contributed by atoms with E-state index in [2.05, 4.69) is 0 Å². The smallest absolute Gasteiger partial charge is 0.307 e. The van der Waals surface area contributed by atoms with Gasteiger partial charge in [0.2, 0.25) is 0 Å². The van der Waals surface area contributed by atoms with Gasteiger partial charge >= 0.3 is 5.97 Å². The molecule has 20 heavy (non-hydrogen) atoms. The maximum atomic E-state index is 11.5. The molecule has 0 amide bonds. The third-order valence-electron chi connectivity index (χ3n) is 3.74. The van der Waals surface area contributed by atoms with E-state index in [-0.39, 0.29) is 17.9 Å². The van der Waals surface area contributed by atoms with Crippen LogP contribution < -0.4 is 0 Å². The minimum absolute atomic E-state index is 0.230. The van der Waals surface area contributed by atoms with Gasteiger partial charge in [-0.15, -0.1) is 0 Å². The summed E-state index contributed by atoms with van der Waals surface area (Å²) in [6, 6.07) is 7.45. The van der Waals surface area contributed by atoms with E-state index in [4.69, 9.17) is 0 Å². The van der Waals surface area contributed by atoms with Crippen LogP contribution in [0, 0.1) is 18.8 Å². The van der Waals surface area contributed by atoms with Crippen LogP contribution in [0.2, 0.25) is 0 Å². The van der Waals surface area contributed by atoms with Crippen molar-refractivity contribution in [1.29, 1.82) is 0 Å². The molecule has 0 aliphatic carbocycles. The van der Waals surface area contributed by atoms with Crippen molar-refractivity contribution in [2.75, 3.05) is 11.5 Å². The first-order chi connectivity index (χ1) is 9.28. The van der Waals surface area contributed by atoms with E-state index in [1.807, 2.05) is 31.2 Å². The predicted octanol–water partition coefficient (Wildman–Crippen LogP) is 0.644. The molecule has 2 N–H and O–H groups in total. The van der Waals surface area contributed by atoms with Crippen molar-refractivity contribution in [3.8, 4) is 0 Å². The van der Waals surface area contributed by atoms with Gasteiger partial charge in [-0.3, -0.25) is 4.79 Å². The number of hydrogen-bond donors (Lipinski definition) is 2. The van der Waals surface area contributed by atoms with Gasteiger partial charge in [0.1, 0.15) is 0 Å². The molecule has 1 aliphatic rings. The normalized spacial score (nSPS) is 26.3. The first-order valence-corrected chi connectivity index (χ1v) is 8.27. The third-order valence-corrected chi connectivity index (χ3v) is 5.48. The number of rotatable bonds is 4. The van der Waals surface area contributed by atoms with E-state index in [0.29, 0.717) is 0 Å². The van der Waals surface area contributed by atoms with E-state index in [1.54, 1.807) is 0 Å². The molecule has 2 rings (SSSR count). The number of aryl methyl sites for hydroxylation is 1. The van der Waals surface area contributed by atoms with Crippen molar-refractivity contribution in [3.63, 3.8) is 0 Å². The fourth-order valence-corrected chi connectivity index (χ4v) is 4.70. The quantitative estimate of drug-likeness (QED) is 0.851. The number of carboxylic acids is 1. The van der Waals surface area contributed by atoms with Crippen LogP contribution in [0.15, 0.2) is 24.3 Å². The summed E-state index contributed by atoms with van der Waals surface area (Å²) in [4.78, 5) is 11.4. The second-order valence-corrected chi connectivity index (χ2v) is 7.60. The Bertz CT molecular complexity index is 608. The molecule has 110 valence electrons. The van der Waals surface area contributed by atoms with Gasteiger partial charge in [-0.05, 0) is 18.9 Å². The highest BCUT2D eigenvalue weighted by Crippen LogP contribution is 2.29. The SMILES string of the molecule is Cc1cccc(CC(C(=O)O)C2CS(=O)(=O)CC2O)c1. The van der Waals surface area contributed by atoms with Crippen LogP contribution in [0.4, 0.5) is 0 Å². The first-order valence-electron chi connectivity index (χ1n) is 6.45.